The summed E-state index contributed by atoms with van der Waals surface area (Å²) in [5.41, 5.74) is 0. The van der Waals surface area contributed by atoms with Gasteiger partial charge in [-0.05, 0) is 67.8 Å². The van der Waals surface area contributed by atoms with E-state index < -0.39 is 0 Å². The summed E-state index contributed by atoms with van der Waals surface area (Å²) in [6, 6.07) is 0. The molecule has 48 valence electrons. The van der Waals surface area contributed by atoms with Crippen molar-refractivity contribution < 1.29 is 0 Å². The maximum atomic E-state index is 4.00. The Morgan fingerprint density at radius 2 is 1.44 bits per heavy atom. The second-order valence-electron chi connectivity index (χ2n) is 1.27. The van der Waals surface area contributed by atoms with Crippen LogP contribution < -0.4 is 0 Å². The van der Waals surface area contributed by atoms with Gasteiger partial charge in [-0.15, -0.1) is 0 Å². The predicted molar refractivity (Wildman–Crippen MR) is 60.2 cm³/mol. The van der Waals surface area contributed by atoms with Crippen LogP contribution in [-0.4, -0.2) is 9.97 Å². The van der Waals surface area contributed by atoms with Crippen LogP contribution in [0.3, 0.4) is 0 Å². The molecule has 0 saturated heterocycles. The SMILES string of the molecule is Ic1ncnc(I)c1I. The molecular formula is C4HI3N2. The molecule has 5 heteroatoms. The maximum absolute atomic E-state index is 4.00. The lowest BCUT2D eigenvalue weighted by atomic mass is 10.7. The molecule has 0 bridgehead atoms. The number of aromatic nitrogens is 2. The molecule has 0 saturated carbocycles. The van der Waals surface area contributed by atoms with E-state index in [1.165, 1.54) is 0 Å². The fourth-order valence-electron chi connectivity index (χ4n) is 0.329. The summed E-state index contributed by atoms with van der Waals surface area (Å²) in [6.45, 7) is 0. The van der Waals surface area contributed by atoms with Gasteiger partial charge in [0.05, 0.1) is 3.57 Å². The van der Waals surface area contributed by atoms with Gasteiger partial charge >= 0.3 is 0 Å². The number of hydrogen-bond acceptors (Lipinski definition) is 2. The van der Waals surface area contributed by atoms with Crippen LogP contribution >= 0.6 is 67.8 Å². The molecule has 1 rings (SSSR count). The van der Waals surface area contributed by atoms with Crippen LogP contribution in [0.15, 0.2) is 6.33 Å². The second kappa shape index (κ2) is 3.60. The highest BCUT2D eigenvalue weighted by atomic mass is 127. The fraction of sp³-hybridized carbons (Fsp3) is 0. The number of halogens is 3. The van der Waals surface area contributed by atoms with E-state index in [1.807, 2.05) is 0 Å². The van der Waals surface area contributed by atoms with Crippen LogP contribution in [0.2, 0.25) is 0 Å². The van der Waals surface area contributed by atoms with E-state index in [1.54, 1.807) is 6.33 Å². The monoisotopic (exact) mass is 458 g/mol. The predicted octanol–water partition coefficient (Wildman–Crippen LogP) is 2.29. The zero-order valence-electron chi connectivity index (χ0n) is 4.11. The first-order chi connectivity index (χ1) is 4.22. The Morgan fingerprint density at radius 1 is 1.00 bits per heavy atom. The molecule has 1 heterocycles. The molecule has 0 fully saturated rings. The molecule has 0 aromatic carbocycles. The minimum atomic E-state index is 1.02. The molecule has 0 atom stereocenters. The van der Waals surface area contributed by atoms with Gasteiger partial charge in [-0.1, -0.05) is 0 Å². The van der Waals surface area contributed by atoms with Crippen molar-refractivity contribution in [1.29, 1.82) is 0 Å². The summed E-state index contributed by atoms with van der Waals surface area (Å²) >= 11 is 6.60. The van der Waals surface area contributed by atoms with E-state index in [-0.39, 0.29) is 0 Å². The van der Waals surface area contributed by atoms with Crippen molar-refractivity contribution in [2.75, 3.05) is 0 Å². The van der Waals surface area contributed by atoms with Crippen molar-refractivity contribution in [3.8, 4) is 0 Å². The topological polar surface area (TPSA) is 25.8 Å². The van der Waals surface area contributed by atoms with Crippen LogP contribution in [0.1, 0.15) is 0 Å². The Balaban J connectivity index is 3.25. The smallest absolute Gasteiger partial charge is 0.119 e. The van der Waals surface area contributed by atoms with E-state index in [2.05, 4.69) is 77.7 Å². The Morgan fingerprint density at radius 3 is 1.78 bits per heavy atom. The summed E-state index contributed by atoms with van der Waals surface area (Å²) in [5, 5.41) is 0. The largest absolute Gasteiger partial charge is 0.229 e. The first kappa shape index (κ1) is 8.37. The van der Waals surface area contributed by atoms with Crippen molar-refractivity contribution >= 4 is 67.8 Å². The van der Waals surface area contributed by atoms with Crippen LogP contribution in [-0.2, 0) is 0 Å². The molecule has 0 aliphatic carbocycles. The van der Waals surface area contributed by atoms with Crippen molar-refractivity contribution in [3.63, 3.8) is 0 Å². The van der Waals surface area contributed by atoms with E-state index in [4.69, 9.17) is 0 Å². The van der Waals surface area contributed by atoms with Gasteiger partial charge in [0.25, 0.3) is 0 Å². The Labute approximate surface area is 93.7 Å². The van der Waals surface area contributed by atoms with Gasteiger partial charge in [0.15, 0.2) is 0 Å². The van der Waals surface area contributed by atoms with Gasteiger partial charge in [-0.25, -0.2) is 9.97 Å². The number of nitrogens with zero attached hydrogens (tertiary/aromatic N) is 2. The summed E-state index contributed by atoms with van der Waals surface area (Å²) in [5.74, 6) is 0. The molecule has 0 aliphatic heterocycles. The number of hydrogen-bond donors (Lipinski definition) is 0. The first-order valence-electron chi connectivity index (χ1n) is 2.03. The van der Waals surface area contributed by atoms with Gasteiger partial charge < -0.3 is 0 Å². The highest BCUT2D eigenvalue weighted by Gasteiger charge is 2.00. The normalized spacial score (nSPS) is 9.67. The average Bonchev–Trinajstić information content (AvgIpc) is 1.83. The molecule has 0 amide bonds. The van der Waals surface area contributed by atoms with Crippen LogP contribution in [0, 0.1) is 11.0 Å². The summed E-state index contributed by atoms with van der Waals surface area (Å²) < 4.78 is 3.18. The van der Waals surface area contributed by atoms with Gasteiger partial charge in [-0.2, -0.15) is 0 Å². The third-order valence-electron chi connectivity index (χ3n) is 0.704. The highest BCUT2D eigenvalue weighted by Crippen LogP contribution is 2.15. The first-order valence-corrected chi connectivity index (χ1v) is 5.27. The third-order valence-corrected chi connectivity index (χ3v) is 5.43. The average molecular weight is 458 g/mol. The zero-order chi connectivity index (χ0) is 6.85. The van der Waals surface area contributed by atoms with E-state index >= 15 is 0 Å². The molecule has 0 unspecified atom stereocenters. The molecule has 1 aromatic rings. The van der Waals surface area contributed by atoms with Gasteiger partial charge in [0, 0.05) is 0 Å². The molecule has 0 aliphatic rings. The molecular weight excluding hydrogens is 457 g/mol. The van der Waals surface area contributed by atoms with Crippen LogP contribution in [0.5, 0.6) is 0 Å². The van der Waals surface area contributed by atoms with E-state index in [0.717, 1.165) is 11.0 Å². The van der Waals surface area contributed by atoms with Crippen molar-refractivity contribution in [1.82, 2.24) is 9.97 Å². The summed E-state index contributed by atoms with van der Waals surface area (Å²) in [7, 11) is 0. The zero-order valence-corrected chi connectivity index (χ0v) is 10.6. The van der Waals surface area contributed by atoms with Gasteiger partial charge in [0.1, 0.15) is 13.7 Å². The molecule has 2 nitrogen and oxygen atoms in total. The van der Waals surface area contributed by atoms with Crippen LogP contribution in [0.25, 0.3) is 0 Å². The standard InChI is InChI=1S/C4HI3N2/c5-2-3(6)8-1-9-4(2)7/h1H. The van der Waals surface area contributed by atoms with Crippen LogP contribution in [0.4, 0.5) is 0 Å². The fourth-order valence-corrected chi connectivity index (χ4v) is 1.88. The Kier molecular flexibility index (Phi) is 3.35. The molecule has 0 N–H and O–H groups in total. The van der Waals surface area contributed by atoms with E-state index in [0.29, 0.717) is 0 Å². The Bertz CT molecular complexity index is 205. The molecule has 0 spiro atoms. The lowest BCUT2D eigenvalue weighted by Crippen LogP contribution is -1.91. The minimum absolute atomic E-state index is 1.02. The lowest BCUT2D eigenvalue weighted by Gasteiger charge is -1.93. The van der Waals surface area contributed by atoms with Crippen molar-refractivity contribution in [3.05, 3.63) is 17.3 Å². The second-order valence-corrected chi connectivity index (χ2v) is 4.39. The Hall–Kier alpha value is 1.27. The van der Waals surface area contributed by atoms with E-state index in [9.17, 15) is 0 Å². The maximum Gasteiger partial charge on any atom is 0.119 e. The summed E-state index contributed by atoms with van der Waals surface area (Å²) in [4.78, 5) is 8.01. The van der Waals surface area contributed by atoms with Gasteiger partial charge in [0.2, 0.25) is 0 Å². The molecule has 0 radical (unpaired) electrons. The van der Waals surface area contributed by atoms with Gasteiger partial charge in [-0.3, -0.25) is 0 Å². The highest BCUT2D eigenvalue weighted by molar-refractivity contribution is 14.1. The quantitative estimate of drug-likeness (QED) is 0.441. The summed E-state index contributed by atoms with van der Waals surface area (Å²) in [6.07, 6.45) is 1.58. The number of rotatable bonds is 0. The molecule has 9 heavy (non-hydrogen) atoms. The lowest BCUT2D eigenvalue weighted by molar-refractivity contribution is 1.08. The molecule has 1 aromatic heterocycles. The van der Waals surface area contributed by atoms with Crippen molar-refractivity contribution in [2.45, 2.75) is 0 Å². The minimum Gasteiger partial charge on any atom is -0.229 e. The third kappa shape index (κ3) is 2.10. The van der Waals surface area contributed by atoms with Crippen molar-refractivity contribution in [2.24, 2.45) is 0 Å².